The number of ether oxygens (including phenoxy) is 1. The quantitative estimate of drug-likeness (QED) is 0.306. The SMILES string of the molecule is CC(C)(C)OC(=O)[C@H](CCCN)NC(=O)CC[P+](c1ccccc1)(c1ccccc1)c1ccccc1. The molecule has 0 saturated carbocycles. The molecular weight excluding hydrogens is 467 g/mol. The number of hydrogen-bond donors (Lipinski definition) is 2. The molecule has 3 aromatic carbocycles. The van der Waals surface area contributed by atoms with Crippen LogP contribution < -0.4 is 27.0 Å². The second kappa shape index (κ2) is 12.8. The van der Waals surface area contributed by atoms with E-state index in [0.29, 0.717) is 25.5 Å². The molecule has 0 aliphatic carbocycles. The molecule has 0 unspecified atom stereocenters. The van der Waals surface area contributed by atoms with Gasteiger partial charge in [-0.05, 0) is 76.6 Å². The predicted molar refractivity (Wildman–Crippen MR) is 151 cm³/mol. The molecule has 0 saturated heterocycles. The summed E-state index contributed by atoms with van der Waals surface area (Å²) in [4.78, 5) is 26.1. The van der Waals surface area contributed by atoms with Crippen molar-refractivity contribution < 1.29 is 14.3 Å². The molecule has 0 aliphatic heterocycles. The van der Waals surface area contributed by atoms with Crippen LogP contribution >= 0.6 is 7.26 Å². The maximum absolute atomic E-state index is 13.3. The summed E-state index contributed by atoms with van der Waals surface area (Å²) in [5.41, 5.74) is 5.06. The topological polar surface area (TPSA) is 81.4 Å². The minimum absolute atomic E-state index is 0.157. The van der Waals surface area contributed by atoms with Gasteiger partial charge in [-0.2, -0.15) is 0 Å². The summed E-state index contributed by atoms with van der Waals surface area (Å²) in [6.45, 7) is 5.92. The Kier molecular flexibility index (Phi) is 9.81. The van der Waals surface area contributed by atoms with Crippen LogP contribution in [-0.2, 0) is 14.3 Å². The third kappa shape index (κ3) is 7.25. The molecule has 0 spiro atoms. The van der Waals surface area contributed by atoms with E-state index in [-0.39, 0.29) is 12.3 Å². The van der Waals surface area contributed by atoms with Gasteiger partial charge in [0, 0.05) is 0 Å². The monoisotopic (exact) mass is 505 g/mol. The molecule has 1 amide bonds. The predicted octanol–water partition coefficient (Wildman–Crippen LogP) is 3.94. The molecule has 0 fully saturated rings. The van der Waals surface area contributed by atoms with Crippen molar-refractivity contribution in [3.8, 4) is 0 Å². The van der Waals surface area contributed by atoms with Crippen molar-refractivity contribution in [2.75, 3.05) is 12.7 Å². The second-order valence-corrected chi connectivity index (χ2v) is 13.5. The van der Waals surface area contributed by atoms with Crippen molar-refractivity contribution in [2.45, 2.75) is 51.7 Å². The van der Waals surface area contributed by atoms with Crippen molar-refractivity contribution in [2.24, 2.45) is 5.73 Å². The molecule has 6 heteroatoms. The molecule has 1 atom stereocenters. The standard InChI is InChI=1S/C30H37N2O3P/c1-30(2,3)35-29(34)27(20-13-22-31)32-28(33)21-23-36(24-14-7-4-8-15-24,25-16-9-5-10-17-25)26-18-11-6-12-19-26/h4-12,14-19,27H,13,20-23,31H2,1-3H3/p+1/t27-/m0/s1. The van der Waals surface area contributed by atoms with Crippen LogP contribution in [0, 0.1) is 0 Å². The first-order valence-corrected chi connectivity index (χ1v) is 14.5. The fourth-order valence-corrected chi connectivity index (χ4v) is 8.61. The van der Waals surface area contributed by atoms with Crippen LogP contribution in [0.25, 0.3) is 0 Å². The summed E-state index contributed by atoms with van der Waals surface area (Å²) in [5.74, 6) is -0.574. The van der Waals surface area contributed by atoms with Gasteiger partial charge >= 0.3 is 5.97 Å². The minimum Gasteiger partial charge on any atom is -0.458 e. The smallest absolute Gasteiger partial charge is 0.329 e. The molecule has 3 aromatic rings. The Balaban J connectivity index is 1.92. The van der Waals surface area contributed by atoms with E-state index >= 15 is 0 Å². The minimum atomic E-state index is -2.13. The number of amides is 1. The molecule has 3 N–H and O–H groups in total. The highest BCUT2D eigenvalue weighted by Gasteiger charge is 2.45. The molecule has 0 aliphatic rings. The van der Waals surface area contributed by atoms with Crippen LogP contribution in [0.1, 0.15) is 40.0 Å². The zero-order valence-electron chi connectivity index (χ0n) is 21.5. The van der Waals surface area contributed by atoms with Gasteiger partial charge in [-0.1, -0.05) is 54.6 Å². The maximum atomic E-state index is 13.3. The van der Waals surface area contributed by atoms with Crippen molar-refractivity contribution >= 4 is 35.1 Å². The number of benzene rings is 3. The lowest BCUT2D eigenvalue weighted by Crippen LogP contribution is -2.45. The highest BCUT2D eigenvalue weighted by molar-refractivity contribution is 7.95. The van der Waals surface area contributed by atoms with Crippen molar-refractivity contribution in [1.82, 2.24) is 5.32 Å². The third-order valence-electron chi connectivity index (χ3n) is 5.99. The lowest BCUT2D eigenvalue weighted by atomic mass is 10.1. The van der Waals surface area contributed by atoms with E-state index in [9.17, 15) is 9.59 Å². The van der Waals surface area contributed by atoms with Crippen LogP contribution in [0.3, 0.4) is 0 Å². The molecular formula is C30H38N2O3P+. The van der Waals surface area contributed by atoms with Gasteiger partial charge in [0.1, 0.15) is 34.8 Å². The summed E-state index contributed by atoms with van der Waals surface area (Å²) in [7, 11) is -2.13. The van der Waals surface area contributed by atoms with E-state index in [0.717, 1.165) is 0 Å². The highest BCUT2D eigenvalue weighted by atomic mass is 31.2. The van der Waals surface area contributed by atoms with E-state index in [1.54, 1.807) is 0 Å². The first kappa shape index (κ1) is 27.6. The van der Waals surface area contributed by atoms with Crippen molar-refractivity contribution in [3.05, 3.63) is 91.0 Å². The van der Waals surface area contributed by atoms with Gasteiger partial charge in [-0.15, -0.1) is 0 Å². The molecule has 0 bridgehead atoms. The maximum Gasteiger partial charge on any atom is 0.329 e. The Morgan fingerprint density at radius 3 is 1.67 bits per heavy atom. The van der Waals surface area contributed by atoms with E-state index < -0.39 is 24.9 Å². The third-order valence-corrected chi connectivity index (χ3v) is 10.4. The summed E-state index contributed by atoms with van der Waals surface area (Å²) >= 11 is 0. The number of nitrogens with two attached hydrogens (primary N) is 1. The fraction of sp³-hybridized carbons (Fsp3) is 0.333. The molecule has 3 rings (SSSR count). The first-order chi connectivity index (χ1) is 17.3. The van der Waals surface area contributed by atoms with Gasteiger partial charge in [0.25, 0.3) is 0 Å². The number of carbonyl (C=O) groups excluding carboxylic acids is 2. The largest absolute Gasteiger partial charge is 0.458 e. The van der Waals surface area contributed by atoms with Crippen LogP contribution in [-0.4, -0.2) is 36.2 Å². The zero-order chi connectivity index (χ0) is 26.0. The van der Waals surface area contributed by atoms with Gasteiger partial charge in [-0.3, -0.25) is 4.79 Å². The Morgan fingerprint density at radius 2 is 1.28 bits per heavy atom. The van der Waals surface area contributed by atoms with Crippen molar-refractivity contribution in [3.63, 3.8) is 0 Å². The van der Waals surface area contributed by atoms with E-state index in [4.69, 9.17) is 10.5 Å². The molecule has 0 radical (unpaired) electrons. The molecule has 5 nitrogen and oxygen atoms in total. The van der Waals surface area contributed by atoms with Crippen LogP contribution in [0.4, 0.5) is 0 Å². The lowest BCUT2D eigenvalue weighted by molar-refractivity contribution is -0.158. The van der Waals surface area contributed by atoms with Crippen molar-refractivity contribution in [1.29, 1.82) is 0 Å². The number of hydrogen-bond acceptors (Lipinski definition) is 4. The average Bonchev–Trinajstić information content (AvgIpc) is 2.88. The van der Waals surface area contributed by atoms with E-state index in [1.807, 2.05) is 39.0 Å². The van der Waals surface area contributed by atoms with E-state index in [1.165, 1.54) is 15.9 Å². The van der Waals surface area contributed by atoms with Crippen LogP contribution in [0.5, 0.6) is 0 Å². The number of nitrogens with one attached hydrogen (secondary N) is 1. The molecule has 0 heterocycles. The molecule has 0 aromatic heterocycles. The second-order valence-electron chi connectivity index (χ2n) is 9.87. The lowest BCUT2D eigenvalue weighted by Gasteiger charge is -2.28. The van der Waals surface area contributed by atoms with E-state index in [2.05, 4.69) is 78.1 Å². The Morgan fingerprint density at radius 1 is 0.833 bits per heavy atom. The average molecular weight is 506 g/mol. The summed E-state index contributed by atoms with van der Waals surface area (Å²) in [5, 5.41) is 6.62. The first-order valence-electron chi connectivity index (χ1n) is 12.5. The Hall–Kier alpha value is -3.01. The van der Waals surface area contributed by atoms with Crippen LogP contribution in [0.15, 0.2) is 91.0 Å². The normalized spacial score (nSPS) is 12.6. The summed E-state index contributed by atoms with van der Waals surface area (Å²) < 4.78 is 5.56. The van der Waals surface area contributed by atoms with Gasteiger partial charge in [0.05, 0.1) is 12.6 Å². The van der Waals surface area contributed by atoms with Gasteiger partial charge in [0.2, 0.25) is 5.91 Å². The molecule has 36 heavy (non-hydrogen) atoms. The molecule has 190 valence electrons. The van der Waals surface area contributed by atoms with Gasteiger partial charge in [-0.25, -0.2) is 4.79 Å². The number of carbonyl (C=O) groups is 2. The van der Waals surface area contributed by atoms with Gasteiger partial charge in [0.15, 0.2) is 0 Å². The summed E-state index contributed by atoms with van der Waals surface area (Å²) in [6.07, 6.45) is 2.01. The zero-order valence-corrected chi connectivity index (χ0v) is 22.4. The Labute approximate surface area is 215 Å². The fourth-order valence-electron chi connectivity index (χ4n) is 4.36. The highest BCUT2D eigenvalue weighted by Crippen LogP contribution is 2.55. The number of esters is 1. The van der Waals surface area contributed by atoms with Crippen LogP contribution in [0.2, 0.25) is 0 Å². The Bertz CT molecular complexity index is 1000. The van der Waals surface area contributed by atoms with Gasteiger partial charge < -0.3 is 15.8 Å². The number of rotatable bonds is 11. The summed E-state index contributed by atoms with van der Waals surface area (Å²) in [6, 6.07) is 30.7.